The molecule has 0 saturated heterocycles. The molecule has 0 bridgehead atoms. The summed E-state index contributed by atoms with van der Waals surface area (Å²) in [5.41, 5.74) is 1.33. The molecule has 0 aromatic heterocycles. The summed E-state index contributed by atoms with van der Waals surface area (Å²) in [5.74, 6) is 0.619. The maximum absolute atomic E-state index is 11.3. The standard InChI is InChI=1S/C14H18O2/c15-14(13-8-9-13)11-16-10-4-7-12-5-2-1-3-6-12/h1-3,5-6,13H,4,7-11H2. The number of rotatable bonds is 7. The highest BCUT2D eigenvalue weighted by molar-refractivity contribution is 5.84. The molecular weight excluding hydrogens is 200 g/mol. The molecule has 0 heterocycles. The average Bonchev–Trinajstić information content (AvgIpc) is 3.13. The topological polar surface area (TPSA) is 26.3 Å². The van der Waals surface area contributed by atoms with Gasteiger partial charge in [0.25, 0.3) is 0 Å². The number of benzene rings is 1. The van der Waals surface area contributed by atoms with Crippen LogP contribution in [0.5, 0.6) is 0 Å². The minimum Gasteiger partial charge on any atom is -0.374 e. The molecular formula is C14H18O2. The third-order valence-electron chi connectivity index (χ3n) is 2.87. The number of carbonyl (C=O) groups is 1. The molecule has 0 radical (unpaired) electrons. The van der Waals surface area contributed by atoms with Gasteiger partial charge in [-0.15, -0.1) is 0 Å². The molecule has 0 atom stereocenters. The van der Waals surface area contributed by atoms with E-state index in [9.17, 15) is 4.79 Å². The number of ether oxygens (including phenoxy) is 1. The van der Waals surface area contributed by atoms with Crippen molar-refractivity contribution in [3.63, 3.8) is 0 Å². The number of aryl methyl sites for hydroxylation is 1. The predicted octanol–water partition coefficient (Wildman–Crippen LogP) is 2.61. The van der Waals surface area contributed by atoms with Gasteiger partial charge in [0.05, 0.1) is 0 Å². The fourth-order valence-electron chi connectivity index (χ4n) is 1.72. The van der Waals surface area contributed by atoms with E-state index in [1.807, 2.05) is 18.2 Å². The molecule has 1 fully saturated rings. The Bertz CT molecular complexity index is 328. The van der Waals surface area contributed by atoms with Crippen LogP contribution in [0.25, 0.3) is 0 Å². The summed E-state index contributed by atoms with van der Waals surface area (Å²) < 4.78 is 5.37. The van der Waals surface area contributed by atoms with Crippen molar-refractivity contribution in [2.24, 2.45) is 5.92 Å². The lowest BCUT2D eigenvalue weighted by Gasteiger charge is -2.03. The van der Waals surface area contributed by atoms with Crippen LogP contribution in [-0.2, 0) is 16.0 Å². The highest BCUT2D eigenvalue weighted by Gasteiger charge is 2.28. The van der Waals surface area contributed by atoms with Crippen LogP contribution >= 0.6 is 0 Å². The lowest BCUT2D eigenvalue weighted by molar-refractivity contribution is -0.124. The lowest BCUT2D eigenvalue weighted by Crippen LogP contribution is -2.11. The normalized spacial score (nSPS) is 15.0. The van der Waals surface area contributed by atoms with Gasteiger partial charge in [0.15, 0.2) is 5.78 Å². The van der Waals surface area contributed by atoms with Crippen molar-refractivity contribution < 1.29 is 9.53 Å². The number of Topliss-reactive ketones (excluding diaryl/α,β-unsaturated/α-hetero) is 1. The van der Waals surface area contributed by atoms with Crippen LogP contribution in [0.3, 0.4) is 0 Å². The van der Waals surface area contributed by atoms with Crippen molar-refractivity contribution in [2.45, 2.75) is 25.7 Å². The van der Waals surface area contributed by atoms with Gasteiger partial charge in [-0.2, -0.15) is 0 Å². The Kier molecular flexibility index (Phi) is 4.11. The summed E-state index contributed by atoms with van der Waals surface area (Å²) in [6.45, 7) is 1.01. The van der Waals surface area contributed by atoms with E-state index in [0.29, 0.717) is 24.9 Å². The van der Waals surface area contributed by atoms with Gasteiger partial charge in [-0.1, -0.05) is 30.3 Å². The molecule has 1 aliphatic rings. The third-order valence-corrected chi connectivity index (χ3v) is 2.87. The molecule has 86 valence electrons. The number of carbonyl (C=O) groups excluding carboxylic acids is 1. The summed E-state index contributed by atoms with van der Waals surface area (Å²) >= 11 is 0. The van der Waals surface area contributed by atoms with Crippen molar-refractivity contribution in [3.05, 3.63) is 35.9 Å². The summed E-state index contributed by atoms with van der Waals surface area (Å²) in [4.78, 5) is 11.3. The highest BCUT2D eigenvalue weighted by atomic mass is 16.5. The van der Waals surface area contributed by atoms with E-state index >= 15 is 0 Å². The largest absolute Gasteiger partial charge is 0.374 e. The molecule has 0 amide bonds. The van der Waals surface area contributed by atoms with Crippen molar-refractivity contribution in [3.8, 4) is 0 Å². The van der Waals surface area contributed by atoms with Crippen molar-refractivity contribution in [1.29, 1.82) is 0 Å². The van der Waals surface area contributed by atoms with E-state index in [1.54, 1.807) is 0 Å². The van der Waals surface area contributed by atoms with Crippen molar-refractivity contribution in [1.82, 2.24) is 0 Å². The molecule has 2 rings (SSSR count). The Balaban J connectivity index is 1.53. The monoisotopic (exact) mass is 218 g/mol. The van der Waals surface area contributed by atoms with E-state index in [2.05, 4.69) is 12.1 Å². The zero-order chi connectivity index (χ0) is 11.2. The first-order valence-corrected chi connectivity index (χ1v) is 6.00. The average molecular weight is 218 g/mol. The minimum atomic E-state index is 0.291. The molecule has 0 spiro atoms. The number of hydrogen-bond donors (Lipinski definition) is 0. The summed E-state index contributed by atoms with van der Waals surface area (Å²) in [5, 5.41) is 0. The van der Waals surface area contributed by atoms with Crippen LogP contribution in [0.15, 0.2) is 30.3 Å². The Morgan fingerprint density at radius 1 is 1.25 bits per heavy atom. The van der Waals surface area contributed by atoms with Crippen molar-refractivity contribution in [2.75, 3.05) is 13.2 Å². The third kappa shape index (κ3) is 3.78. The lowest BCUT2D eigenvalue weighted by atomic mass is 10.1. The van der Waals surface area contributed by atoms with Crippen LogP contribution in [0.2, 0.25) is 0 Å². The second kappa shape index (κ2) is 5.80. The maximum Gasteiger partial charge on any atom is 0.161 e. The van der Waals surface area contributed by atoms with Crippen LogP contribution in [0, 0.1) is 5.92 Å². The molecule has 1 aromatic carbocycles. The van der Waals surface area contributed by atoms with Gasteiger partial charge in [-0.25, -0.2) is 0 Å². The van der Waals surface area contributed by atoms with Crippen LogP contribution in [-0.4, -0.2) is 19.0 Å². The van der Waals surface area contributed by atoms with E-state index in [4.69, 9.17) is 4.74 Å². The number of hydrogen-bond acceptors (Lipinski definition) is 2. The van der Waals surface area contributed by atoms with Gasteiger partial charge < -0.3 is 4.74 Å². The first-order chi connectivity index (χ1) is 7.86. The Morgan fingerprint density at radius 3 is 2.69 bits per heavy atom. The van der Waals surface area contributed by atoms with Gasteiger partial charge in [-0.05, 0) is 31.2 Å². The molecule has 0 aliphatic heterocycles. The first-order valence-electron chi connectivity index (χ1n) is 6.00. The smallest absolute Gasteiger partial charge is 0.161 e. The zero-order valence-corrected chi connectivity index (χ0v) is 9.52. The summed E-state index contributed by atoms with van der Waals surface area (Å²) in [6.07, 6.45) is 4.17. The molecule has 0 unspecified atom stereocenters. The summed E-state index contributed by atoms with van der Waals surface area (Å²) in [6, 6.07) is 10.4. The van der Waals surface area contributed by atoms with E-state index < -0.39 is 0 Å². The fraction of sp³-hybridized carbons (Fsp3) is 0.500. The Hall–Kier alpha value is -1.15. The molecule has 2 nitrogen and oxygen atoms in total. The van der Waals surface area contributed by atoms with Gasteiger partial charge in [0.1, 0.15) is 6.61 Å². The van der Waals surface area contributed by atoms with Crippen LogP contribution < -0.4 is 0 Å². The molecule has 1 saturated carbocycles. The summed E-state index contributed by atoms with van der Waals surface area (Å²) in [7, 11) is 0. The molecule has 16 heavy (non-hydrogen) atoms. The maximum atomic E-state index is 11.3. The van der Waals surface area contributed by atoms with Gasteiger partial charge in [-0.3, -0.25) is 4.79 Å². The van der Waals surface area contributed by atoms with E-state index in [-0.39, 0.29) is 0 Å². The van der Waals surface area contributed by atoms with E-state index in [0.717, 1.165) is 25.7 Å². The number of ketones is 1. The Morgan fingerprint density at radius 2 is 2.00 bits per heavy atom. The molecule has 2 heteroatoms. The van der Waals surface area contributed by atoms with Crippen LogP contribution in [0.4, 0.5) is 0 Å². The zero-order valence-electron chi connectivity index (χ0n) is 9.52. The quantitative estimate of drug-likeness (QED) is 0.658. The second-order valence-electron chi connectivity index (χ2n) is 4.38. The van der Waals surface area contributed by atoms with Gasteiger partial charge in [0, 0.05) is 12.5 Å². The molecule has 0 N–H and O–H groups in total. The van der Waals surface area contributed by atoms with Gasteiger partial charge in [0.2, 0.25) is 0 Å². The van der Waals surface area contributed by atoms with E-state index in [1.165, 1.54) is 5.56 Å². The first kappa shape index (κ1) is 11.3. The van der Waals surface area contributed by atoms with Crippen LogP contribution in [0.1, 0.15) is 24.8 Å². The molecule has 1 aliphatic carbocycles. The molecule has 1 aromatic rings. The fourth-order valence-corrected chi connectivity index (χ4v) is 1.72. The minimum absolute atomic E-state index is 0.291. The van der Waals surface area contributed by atoms with Gasteiger partial charge >= 0.3 is 0 Å². The Labute approximate surface area is 96.6 Å². The predicted molar refractivity (Wildman–Crippen MR) is 63.3 cm³/mol. The van der Waals surface area contributed by atoms with Crippen molar-refractivity contribution >= 4 is 5.78 Å². The second-order valence-corrected chi connectivity index (χ2v) is 4.38. The highest BCUT2D eigenvalue weighted by Crippen LogP contribution is 2.29. The SMILES string of the molecule is O=C(COCCCc1ccccc1)C1CC1.